The lowest BCUT2D eigenvalue weighted by molar-refractivity contribution is -0.141. The van der Waals surface area contributed by atoms with E-state index in [0.29, 0.717) is 12.4 Å². The molecule has 3 rings (SSSR count). The Hall–Kier alpha value is -2.08. The van der Waals surface area contributed by atoms with Crippen molar-refractivity contribution in [2.75, 3.05) is 13.1 Å². The first-order valence-corrected chi connectivity index (χ1v) is 8.03. The van der Waals surface area contributed by atoms with E-state index in [1.807, 2.05) is 18.2 Å². The van der Waals surface area contributed by atoms with Crippen molar-refractivity contribution in [1.29, 1.82) is 0 Å². The van der Waals surface area contributed by atoms with E-state index in [9.17, 15) is 13.2 Å². The Morgan fingerprint density at radius 1 is 1.08 bits per heavy atom. The summed E-state index contributed by atoms with van der Waals surface area (Å²) in [7, 11) is 0. The average Bonchev–Trinajstić information content (AvgIpc) is 2.95. The summed E-state index contributed by atoms with van der Waals surface area (Å²) in [6.45, 7) is 1.17. The summed E-state index contributed by atoms with van der Waals surface area (Å²) in [6, 6.07) is 10.2. The molecule has 0 aliphatic carbocycles. The first kappa shape index (κ1) is 16.8. The van der Waals surface area contributed by atoms with Gasteiger partial charge in [0.25, 0.3) is 0 Å². The van der Waals surface area contributed by atoms with E-state index in [-0.39, 0.29) is 0 Å². The van der Waals surface area contributed by atoms with Gasteiger partial charge in [-0.1, -0.05) is 42.0 Å². The van der Waals surface area contributed by atoms with Crippen molar-refractivity contribution in [3.63, 3.8) is 0 Å². The zero-order valence-electron chi connectivity index (χ0n) is 13.3. The van der Waals surface area contributed by atoms with Crippen LogP contribution >= 0.6 is 0 Å². The van der Waals surface area contributed by atoms with Gasteiger partial charge in [0.05, 0.1) is 6.54 Å². The van der Waals surface area contributed by atoms with Crippen molar-refractivity contribution in [2.45, 2.75) is 32.1 Å². The van der Waals surface area contributed by atoms with Crippen LogP contribution in [-0.4, -0.2) is 33.7 Å². The van der Waals surface area contributed by atoms with Crippen LogP contribution in [0.15, 0.2) is 48.3 Å². The van der Waals surface area contributed by atoms with Crippen LogP contribution in [0.2, 0.25) is 0 Å². The quantitative estimate of drug-likeness (QED) is 0.838. The molecule has 2 heterocycles. The zero-order chi connectivity index (χ0) is 17.0. The maximum absolute atomic E-state index is 12.6. The molecular formula is C18H20F3N3. The number of nitrogens with zero attached hydrogens (tertiary/aromatic N) is 3. The highest BCUT2D eigenvalue weighted by Crippen LogP contribution is 2.22. The van der Waals surface area contributed by atoms with Gasteiger partial charge < -0.3 is 4.57 Å². The van der Waals surface area contributed by atoms with Crippen molar-refractivity contribution >= 4 is 6.08 Å². The standard InChI is InChI=1S/C18H20F3N3/c19-18(20,21)14-24-11-8-22-17(24)13-23-9-6-16(7-10-23)12-15-4-2-1-3-5-15/h1-5,8,11-12H,6-7,9-10,13-14H2. The summed E-state index contributed by atoms with van der Waals surface area (Å²) in [4.78, 5) is 6.25. The number of hydrogen-bond acceptors (Lipinski definition) is 2. The number of benzene rings is 1. The molecule has 24 heavy (non-hydrogen) atoms. The van der Waals surface area contributed by atoms with Gasteiger partial charge in [-0.05, 0) is 18.4 Å². The molecule has 1 aliphatic rings. The third-order valence-electron chi connectivity index (χ3n) is 4.19. The summed E-state index contributed by atoms with van der Waals surface area (Å²) in [5, 5.41) is 0. The van der Waals surface area contributed by atoms with Crippen LogP contribution in [0.1, 0.15) is 24.2 Å². The lowest BCUT2D eigenvalue weighted by Gasteiger charge is -2.28. The van der Waals surface area contributed by atoms with Gasteiger partial charge in [0.15, 0.2) is 0 Å². The summed E-state index contributed by atoms with van der Waals surface area (Å²) in [5.74, 6) is 0.475. The van der Waals surface area contributed by atoms with E-state index < -0.39 is 12.7 Å². The van der Waals surface area contributed by atoms with E-state index in [4.69, 9.17) is 0 Å². The number of halogens is 3. The molecule has 0 N–H and O–H groups in total. The Morgan fingerprint density at radius 3 is 2.46 bits per heavy atom. The van der Waals surface area contributed by atoms with Gasteiger partial charge in [-0.2, -0.15) is 13.2 Å². The monoisotopic (exact) mass is 335 g/mol. The number of piperidine rings is 1. The van der Waals surface area contributed by atoms with Crippen LogP contribution in [0.4, 0.5) is 13.2 Å². The van der Waals surface area contributed by atoms with E-state index in [1.165, 1.54) is 28.1 Å². The fraction of sp³-hybridized carbons (Fsp3) is 0.389. The molecule has 0 saturated carbocycles. The second-order valence-corrected chi connectivity index (χ2v) is 6.08. The van der Waals surface area contributed by atoms with E-state index >= 15 is 0 Å². The van der Waals surface area contributed by atoms with E-state index in [1.54, 1.807) is 0 Å². The van der Waals surface area contributed by atoms with E-state index in [2.05, 4.69) is 28.1 Å². The van der Waals surface area contributed by atoms with Gasteiger partial charge in [0.2, 0.25) is 0 Å². The number of alkyl halides is 3. The third-order valence-corrected chi connectivity index (χ3v) is 4.19. The summed E-state index contributed by atoms with van der Waals surface area (Å²) < 4.78 is 38.9. The van der Waals surface area contributed by atoms with Crippen LogP contribution in [0, 0.1) is 0 Å². The highest BCUT2D eigenvalue weighted by molar-refractivity contribution is 5.52. The first-order valence-electron chi connectivity index (χ1n) is 8.03. The van der Waals surface area contributed by atoms with Crippen molar-refractivity contribution < 1.29 is 13.2 Å². The van der Waals surface area contributed by atoms with Crippen LogP contribution < -0.4 is 0 Å². The predicted molar refractivity (Wildman–Crippen MR) is 87.2 cm³/mol. The Morgan fingerprint density at radius 2 is 1.79 bits per heavy atom. The predicted octanol–water partition coefficient (Wildman–Crippen LogP) is 4.12. The SMILES string of the molecule is FC(F)(F)Cn1ccnc1CN1CCC(=Cc2ccccc2)CC1. The number of imidazole rings is 1. The van der Waals surface area contributed by atoms with Gasteiger partial charge in [-0.3, -0.25) is 4.90 Å². The topological polar surface area (TPSA) is 21.1 Å². The molecule has 6 heteroatoms. The maximum Gasteiger partial charge on any atom is 0.406 e. The fourth-order valence-electron chi connectivity index (χ4n) is 2.96. The largest absolute Gasteiger partial charge is 0.406 e. The summed E-state index contributed by atoms with van der Waals surface area (Å²) >= 11 is 0. The Bertz CT molecular complexity index is 679. The summed E-state index contributed by atoms with van der Waals surface area (Å²) in [5.41, 5.74) is 2.58. The third kappa shape index (κ3) is 4.71. The highest BCUT2D eigenvalue weighted by Gasteiger charge is 2.29. The molecule has 0 radical (unpaired) electrons. The molecule has 1 aromatic heterocycles. The molecule has 128 valence electrons. The number of rotatable bonds is 4. The molecule has 0 bridgehead atoms. The van der Waals surface area contributed by atoms with Crippen molar-refractivity contribution in [2.24, 2.45) is 0 Å². The van der Waals surface area contributed by atoms with Crippen LogP contribution in [0.3, 0.4) is 0 Å². The minimum atomic E-state index is -4.22. The number of likely N-dealkylation sites (tertiary alicyclic amines) is 1. The van der Waals surface area contributed by atoms with Gasteiger partial charge in [-0.25, -0.2) is 4.98 Å². The molecule has 1 saturated heterocycles. The average molecular weight is 335 g/mol. The van der Waals surface area contributed by atoms with Gasteiger partial charge in [0.1, 0.15) is 12.4 Å². The molecular weight excluding hydrogens is 315 g/mol. The van der Waals surface area contributed by atoms with Gasteiger partial charge >= 0.3 is 6.18 Å². The number of aromatic nitrogens is 2. The van der Waals surface area contributed by atoms with Crippen molar-refractivity contribution in [1.82, 2.24) is 14.5 Å². The Balaban J connectivity index is 1.57. The second-order valence-electron chi connectivity index (χ2n) is 6.08. The molecule has 1 fully saturated rings. The molecule has 0 spiro atoms. The van der Waals surface area contributed by atoms with Crippen LogP contribution in [-0.2, 0) is 13.1 Å². The fourth-order valence-corrected chi connectivity index (χ4v) is 2.96. The lowest BCUT2D eigenvalue weighted by atomic mass is 10.0. The van der Waals surface area contributed by atoms with Gasteiger partial charge in [-0.15, -0.1) is 0 Å². The van der Waals surface area contributed by atoms with Crippen LogP contribution in [0.5, 0.6) is 0 Å². The molecule has 3 nitrogen and oxygen atoms in total. The first-order chi connectivity index (χ1) is 11.5. The minimum Gasteiger partial charge on any atom is -0.325 e. The van der Waals surface area contributed by atoms with Crippen LogP contribution in [0.25, 0.3) is 6.08 Å². The van der Waals surface area contributed by atoms with Crippen molar-refractivity contribution in [3.05, 3.63) is 59.7 Å². The Labute approximate surface area is 139 Å². The van der Waals surface area contributed by atoms with E-state index in [0.717, 1.165) is 25.9 Å². The van der Waals surface area contributed by atoms with Crippen molar-refractivity contribution in [3.8, 4) is 0 Å². The molecule has 0 atom stereocenters. The maximum atomic E-state index is 12.6. The molecule has 1 aliphatic heterocycles. The smallest absolute Gasteiger partial charge is 0.325 e. The zero-order valence-corrected chi connectivity index (χ0v) is 13.3. The minimum absolute atomic E-state index is 0.460. The van der Waals surface area contributed by atoms with Gasteiger partial charge in [0, 0.05) is 25.5 Å². The Kier molecular flexibility index (Phi) is 5.04. The molecule has 0 amide bonds. The summed E-state index contributed by atoms with van der Waals surface area (Å²) in [6.07, 6.45) is 2.70. The molecule has 2 aromatic rings. The normalized spacial score (nSPS) is 16.4. The second kappa shape index (κ2) is 7.21. The highest BCUT2D eigenvalue weighted by atomic mass is 19.4. The number of hydrogen-bond donors (Lipinski definition) is 0. The molecule has 1 aromatic carbocycles. The molecule has 0 unspecified atom stereocenters. The lowest BCUT2D eigenvalue weighted by Crippen LogP contribution is -2.32.